The number of sulfonamides is 1. The first-order valence-electron chi connectivity index (χ1n) is 10.7. The van der Waals surface area contributed by atoms with Crippen LogP contribution in [0.15, 0.2) is 47.4 Å². The van der Waals surface area contributed by atoms with Crippen molar-refractivity contribution in [2.45, 2.75) is 17.6 Å². The van der Waals surface area contributed by atoms with Crippen LogP contribution in [0.25, 0.3) is 0 Å². The number of nitrogens with one attached hydrogen (secondary N) is 1. The Morgan fingerprint density at radius 2 is 1.78 bits per heavy atom. The highest BCUT2D eigenvalue weighted by molar-refractivity contribution is 7.89. The fourth-order valence-corrected chi connectivity index (χ4v) is 5.09. The van der Waals surface area contributed by atoms with E-state index in [4.69, 9.17) is 9.88 Å². The number of hydrogen-bond acceptors (Lipinski definition) is 7. The van der Waals surface area contributed by atoms with E-state index in [1.54, 1.807) is 0 Å². The summed E-state index contributed by atoms with van der Waals surface area (Å²) in [6, 6.07) is 6.34. The molecule has 2 aromatic rings. The Labute approximate surface area is 207 Å². The van der Waals surface area contributed by atoms with Crippen molar-refractivity contribution >= 4 is 21.7 Å². The highest BCUT2D eigenvalue weighted by Crippen LogP contribution is 2.42. The van der Waals surface area contributed by atoms with Gasteiger partial charge < -0.3 is 19.7 Å². The quantitative estimate of drug-likeness (QED) is 0.506. The topological polar surface area (TPSA) is 128 Å². The van der Waals surface area contributed by atoms with Crippen molar-refractivity contribution in [2.75, 3.05) is 26.2 Å². The van der Waals surface area contributed by atoms with Crippen LogP contribution in [0.4, 0.5) is 22.0 Å². The summed E-state index contributed by atoms with van der Waals surface area (Å²) in [4.78, 5) is 26.8. The molecule has 2 heterocycles. The number of ketones is 1. The molecule has 2 aliphatic heterocycles. The zero-order valence-corrected chi connectivity index (χ0v) is 19.6. The SMILES string of the molecule is NS(=O)(=O)c1ccc(C(=O)N2CC3CNCC3(C(=O)C(F)Oc3ccc(OC(F)(F)F)cc3)C2)c(F)c1. The van der Waals surface area contributed by atoms with Gasteiger partial charge in [0.1, 0.15) is 17.3 Å². The maximum Gasteiger partial charge on any atom is 0.573 e. The fourth-order valence-electron chi connectivity index (χ4n) is 4.56. The maximum absolute atomic E-state index is 15.0. The van der Waals surface area contributed by atoms with Crippen LogP contribution in [-0.2, 0) is 14.8 Å². The lowest BCUT2D eigenvalue weighted by Gasteiger charge is -2.28. The summed E-state index contributed by atoms with van der Waals surface area (Å²) in [6.45, 7) is -0.00117. The second-order valence-electron chi connectivity index (χ2n) is 8.67. The van der Waals surface area contributed by atoms with Gasteiger partial charge in [0, 0.05) is 32.1 Å². The lowest BCUT2D eigenvalue weighted by atomic mass is 9.77. The predicted molar refractivity (Wildman–Crippen MR) is 116 cm³/mol. The summed E-state index contributed by atoms with van der Waals surface area (Å²) in [5, 5.41) is 7.94. The number of primary sulfonamides is 1. The first kappa shape index (κ1) is 26.8. The minimum absolute atomic E-state index is 0.00918. The standard InChI is InChI=1S/C22H20F5N3O6S/c23-17-7-15(37(28,33)34)5-6-16(17)20(32)30-9-12-8-29-10-21(12,11-30)18(31)19(24)35-13-1-3-14(4-2-13)36-22(25,26)27/h1-7,12,19,29H,8-11H2,(H2,28,33,34). The molecule has 9 nitrogen and oxygen atoms in total. The van der Waals surface area contributed by atoms with Crippen molar-refractivity contribution in [3.63, 3.8) is 0 Å². The van der Waals surface area contributed by atoms with E-state index in [1.165, 1.54) is 4.90 Å². The number of ether oxygens (including phenoxy) is 2. The summed E-state index contributed by atoms with van der Waals surface area (Å²) in [6.07, 6.45) is -7.42. The minimum atomic E-state index is -4.91. The number of rotatable bonds is 7. The second kappa shape index (κ2) is 9.54. The fraction of sp³-hybridized carbons (Fsp3) is 0.364. The number of halogens is 5. The van der Waals surface area contributed by atoms with Crippen molar-refractivity contribution in [3.8, 4) is 11.5 Å². The van der Waals surface area contributed by atoms with Crippen molar-refractivity contribution in [1.82, 2.24) is 10.2 Å². The predicted octanol–water partition coefficient (Wildman–Crippen LogP) is 1.98. The first-order valence-corrected chi connectivity index (χ1v) is 12.3. The average Bonchev–Trinajstić information content (AvgIpc) is 3.36. The Bertz CT molecular complexity index is 1320. The third-order valence-corrected chi connectivity index (χ3v) is 7.22. The van der Waals surface area contributed by atoms with Crippen molar-refractivity contribution in [3.05, 3.63) is 53.8 Å². The molecule has 0 bridgehead atoms. The van der Waals surface area contributed by atoms with Crippen LogP contribution >= 0.6 is 0 Å². The zero-order valence-electron chi connectivity index (χ0n) is 18.8. The number of fused-ring (bicyclic) bond motifs is 1. The first-order chi connectivity index (χ1) is 17.2. The van der Waals surface area contributed by atoms with Gasteiger partial charge in [-0.1, -0.05) is 0 Å². The summed E-state index contributed by atoms with van der Waals surface area (Å²) >= 11 is 0. The molecule has 0 spiro atoms. The van der Waals surface area contributed by atoms with E-state index in [0.717, 1.165) is 36.4 Å². The van der Waals surface area contributed by atoms with Crippen LogP contribution in [0.2, 0.25) is 0 Å². The van der Waals surface area contributed by atoms with Crippen LogP contribution < -0.4 is 19.9 Å². The summed E-state index contributed by atoms with van der Waals surface area (Å²) in [5.74, 6) is -4.25. The van der Waals surface area contributed by atoms with Gasteiger partial charge in [0.2, 0.25) is 15.8 Å². The van der Waals surface area contributed by atoms with Gasteiger partial charge in [-0.2, -0.15) is 4.39 Å². The Hall–Kier alpha value is -3.30. The van der Waals surface area contributed by atoms with Gasteiger partial charge in [0.15, 0.2) is 0 Å². The molecular weight excluding hydrogens is 529 g/mol. The van der Waals surface area contributed by atoms with Gasteiger partial charge in [0.25, 0.3) is 12.3 Å². The molecule has 4 rings (SSSR count). The molecule has 0 radical (unpaired) electrons. The second-order valence-corrected chi connectivity index (χ2v) is 10.2. The number of Topliss-reactive ketones (excluding diaryl/α,β-unsaturated/α-hetero) is 1. The maximum atomic E-state index is 15.0. The van der Waals surface area contributed by atoms with E-state index < -0.39 is 67.8 Å². The van der Waals surface area contributed by atoms with E-state index in [-0.39, 0.29) is 31.9 Å². The van der Waals surface area contributed by atoms with Crippen LogP contribution in [0, 0.1) is 17.2 Å². The van der Waals surface area contributed by atoms with Crippen LogP contribution in [-0.4, -0.2) is 63.9 Å². The molecule has 200 valence electrons. The smallest absolute Gasteiger partial charge is 0.453 e. The van der Waals surface area contributed by atoms with Crippen LogP contribution in [0.3, 0.4) is 0 Å². The molecule has 1 amide bonds. The molecule has 2 saturated heterocycles. The molecule has 3 atom stereocenters. The Balaban J connectivity index is 1.48. The van der Waals surface area contributed by atoms with E-state index >= 15 is 0 Å². The molecule has 0 aromatic heterocycles. The number of amides is 1. The number of nitrogens with two attached hydrogens (primary N) is 1. The largest absolute Gasteiger partial charge is 0.573 e. The third kappa shape index (κ3) is 5.52. The third-order valence-electron chi connectivity index (χ3n) is 6.31. The van der Waals surface area contributed by atoms with Crippen LogP contribution in [0.5, 0.6) is 11.5 Å². The number of likely N-dealkylation sites (tertiary alicyclic amines) is 1. The van der Waals surface area contributed by atoms with Crippen molar-refractivity contribution in [2.24, 2.45) is 16.5 Å². The number of nitrogens with zero attached hydrogens (tertiary/aromatic N) is 1. The van der Waals surface area contributed by atoms with Gasteiger partial charge in [-0.3, -0.25) is 9.59 Å². The Kier molecular flexibility index (Phi) is 6.90. The van der Waals surface area contributed by atoms with E-state index in [1.807, 2.05) is 0 Å². The molecule has 2 fully saturated rings. The number of benzene rings is 2. The van der Waals surface area contributed by atoms with E-state index in [2.05, 4.69) is 10.1 Å². The van der Waals surface area contributed by atoms with Gasteiger partial charge in [0.05, 0.1) is 15.9 Å². The lowest BCUT2D eigenvalue weighted by molar-refractivity contribution is -0.274. The molecule has 0 saturated carbocycles. The number of carbonyl (C=O) groups excluding carboxylic acids is 2. The summed E-state index contributed by atoms with van der Waals surface area (Å²) in [7, 11) is -4.20. The van der Waals surface area contributed by atoms with E-state index in [9.17, 15) is 40.0 Å². The normalized spacial score (nSPS) is 22.4. The number of hydrogen-bond donors (Lipinski definition) is 2. The van der Waals surface area contributed by atoms with Crippen molar-refractivity contribution in [1.29, 1.82) is 0 Å². The molecule has 2 aliphatic rings. The molecule has 3 N–H and O–H groups in total. The molecule has 3 unspecified atom stereocenters. The molecule has 2 aromatic carbocycles. The van der Waals surface area contributed by atoms with Crippen molar-refractivity contribution < 1.29 is 49.4 Å². The molecule has 37 heavy (non-hydrogen) atoms. The van der Waals surface area contributed by atoms with Gasteiger partial charge in [-0.25, -0.2) is 17.9 Å². The lowest BCUT2D eigenvalue weighted by Crippen LogP contribution is -2.46. The monoisotopic (exact) mass is 549 g/mol. The Morgan fingerprint density at radius 3 is 2.38 bits per heavy atom. The summed E-state index contributed by atoms with van der Waals surface area (Å²) in [5.41, 5.74) is -1.84. The minimum Gasteiger partial charge on any atom is -0.453 e. The average molecular weight is 549 g/mol. The Morgan fingerprint density at radius 1 is 1.14 bits per heavy atom. The highest BCUT2D eigenvalue weighted by Gasteiger charge is 2.58. The summed E-state index contributed by atoms with van der Waals surface area (Å²) < 4.78 is 97.9. The van der Waals surface area contributed by atoms with Crippen LogP contribution in [0.1, 0.15) is 10.4 Å². The number of carbonyl (C=O) groups is 2. The zero-order chi connectivity index (χ0) is 27.2. The van der Waals surface area contributed by atoms with Gasteiger partial charge in [-0.05, 0) is 42.5 Å². The number of alkyl halides is 4. The van der Waals surface area contributed by atoms with E-state index in [0.29, 0.717) is 6.07 Å². The molecular formula is C22H20F5N3O6S. The highest BCUT2D eigenvalue weighted by atomic mass is 32.2. The van der Waals surface area contributed by atoms with Gasteiger partial charge in [-0.15, -0.1) is 13.2 Å². The molecule has 0 aliphatic carbocycles. The van der Waals surface area contributed by atoms with Gasteiger partial charge >= 0.3 is 6.36 Å². The molecule has 15 heteroatoms.